The van der Waals surface area contributed by atoms with E-state index in [0.717, 1.165) is 17.1 Å². The zero-order valence-electron chi connectivity index (χ0n) is 14.6. The summed E-state index contributed by atoms with van der Waals surface area (Å²) in [7, 11) is 1.65. The first-order chi connectivity index (χ1) is 11.7. The normalized spacial score (nSPS) is 16.6. The number of thioether (sulfide) groups is 1. The van der Waals surface area contributed by atoms with Gasteiger partial charge in [0.15, 0.2) is 0 Å². The highest BCUT2D eigenvalue weighted by Crippen LogP contribution is 2.28. The van der Waals surface area contributed by atoms with Crippen molar-refractivity contribution in [2.45, 2.75) is 11.3 Å². The molecule has 2 N–H and O–H groups in total. The Hall–Kier alpha value is -1.28. The van der Waals surface area contributed by atoms with E-state index in [0.29, 0.717) is 26.2 Å². The SMILES string of the molecule is COCCNCCNC(=O)C1CC(=O)N(c2cccc(SC)c2)C1.Cl. The van der Waals surface area contributed by atoms with E-state index in [9.17, 15) is 9.59 Å². The quantitative estimate of drug-likeness (QED) is 0.496. The van der Waals surface area contributed by atoms with E-state index in [1.807, 2.05) is 30.5 Å². The highest BCUT2D eigenvalue weighted by Gasteiger charge is 2.34. The zero-order valence-corrected chi connectivity index (χ0v) is 16.3. The molecule has 0 aliphatic carbocycles. The van der Waals surface area contributed by atoms with Crippen molar-refractivity contribution in [2.75, 3.05) is 51.1 Å². The molecule has 0 radical (unpaired) electrons. The number of carbonyl (C=O) groups excluding carboxylic acids is 2. The number of nitrogens with one attached hydrogen (secondary N) is 2. The third-order valence-electron chi connectivity index (χ3n) is 3.94. The van der Waals surface area contributed by atoms with Crippen LogP contribution in [-0.4, -0.2) is 58.0 Å². The Bertz CT molecular complexity index is 574. The van der Waals surface area contributed by atoms with Gasteiger partial charge in [0.05, 0.1) is 12.5 Å². The van der Waals surface area contributed by atoms with Gasteiger partial charge in [-0.2, -0.15) is 0 Å². The fourth-order valence-corrected chi connectivity index (χ4v) is 3.08. The molecule has 1 aliphatic rings. The van der Waals surface area contributed by atoms with Gasteiger partial charge in [0, 0.05) is 50.3 Å². The number of benzene rings is 1. The largest absolute Gasteiger partial charge is 0.383 e. The van der Waals surface area contributed by atoms with Gasteiger partial charge < -0.3 is 20.3 Å². The molecule has 8 heteroatoms. The third-order valence-corrected chi connectivity index (χ3v) is 4.67. The average Bonchev–Trinajstić information content (AvgIpc) is 3.00. The molecule has 0 saturated carbocycles. The minimum Gasteiger partial charge on any atom is -0.383 e. The second-order valence-corrected chi connectivity index (χ2v) is 6.52. The van der Waals surface area contributed by atoms with E-state index in [1.165, 1.54) is 0 Å². The van der Waals surface area contributed by atoms with Crippen molar-refractivity contribution >= 4 is 41.7 Å². The van der Waals surface area contributed by atoms with Gasteiger partial charge in [-0.15, -0.1) is 24.2 Å². The third kappa shape index (κ3) is 6.51. The van der Waals surface area contributed by atoms with Gasteiger partial charge in [0.1, 0.15) is 0 Å². The van der Waals surface area contributed by atoms with E-state index in [1.54, 1.807) is 23.8 Å². The Kier molecular flexibility index (Phi) is 9.89. The first-order valence-electron chi connectivity index (χ1n) is 8.07. The second-order valence-electron chi connectivity index (χ2n) is 5.64. The predicted octanol–water partition coefficient (Wildman–Crippen LogP) is 1.54. The maximum absolute atomic E-state index is 12.3. The number of ether oxygens (including phenoxy) is 1. The van der Waals surface area contributed by atoms with Crippen LogP contribution in [0.1, 0.15) is 6.42 Å². The lowest BCUT2D eigenvalue weighted by molar-refractivity contribution is -0.126. The fourth-order valence-electron chi connectivity index (χ4n) is 2.63. The fraction of sp³-hybridized carbons (Fsp3) is 0.529. The van der Waals surface area contributed by atoms with Crippen molar-refractivity contribution in [3.8, 4) is 0 Å². The van der Waals surface area contributed by atoms with Crippen molar-refractivity contribution in [3.05, 3.63) is 24.3 Å². The monoisotopic (exact) mass is 387 g/mol. The number of rotatable bonds is 9. The van der Waals surface area contributed by atoms with E-state index >= 15 is 0 Å². The number of amides is 2. The number of carbonyl (C=O) groups is 2. The van der Waals surface area contributed by atoms with Gasteiger partial charge in [0.2, 0.25) is 11.8 Å². The van der Waals surface area contributed by atoms with Gasteiger partial charge in [0.25, 0.3) is 0 Å². The summed E-state index contributed by atoms with van der Waals surface area (Å²) in [6.45, 7) is 3.09. The van der Waals surface area contributed by atoms with Crippen LogP contribution in [0.25, 0.3) is 0 Å². The van der Waals surface area contributed by atoms with Gasteiger partial charge in [-0.3, -0.25) is 9.59 Å². The highest BCUT2D eigenvalue weighted by molar-refractivity contribution is 7.98. The Morgan fingerprint density at radius 2 is 2.16 bits per heavy atom. The summed E-state index contributed by atoms with van der Waals surface area (Å²) >= 11 is 1.64. The standard InChI is InChI=1S/C17H25N3O3S.ClH/c1-23-9-8-18-6-7-19-17(22)13-10-16(21)20(12-13)14-4-3-5-15(11-14)24-2;/h3-5,11,13,18H,6-10,12H2,1-2H3,(H,19,22);1H. The lowest BCUT2D eigenvalue weighted by Crippen LogP contribution is -2.37. The number of methoxy groups -OCH3 is 1. The van der Waals surface area contributed by atoms with Crippen LogP contribution in [0.2, 0.25) is 0 Å². The molecule has 2 rings (SSSR count). The Labute approximate surface area is 159 Å². The zero-order chi connectivity index (χ0) is 17.4. The Morgan fingerprint density at radius 1 is 1.36 bits per heavy atom. The molecule has 1 unspecified atom stereocenters. The molecule has 6 nitrogen and oxygen atoms in total. The molecule has 1 aromatic rings. The summed E-state index contributed by atoms with van der Waals surface area (Å²) < 4.78 is 4.94. The number of hydrogen-bond acceptors (Lipinski definition) is 5. The molecule has 1 aromatic carbocycles. The maximum Gasteiger partial charge on any atom is 0.227 e. The van der Waals surface area contributed by atoms with Crippen LogP contribution >= 0.6 is 24.2 Å². The smallest absolute Gasteiger partial charge is 0.227 e. The molecular formula is C17H26ClN3O3S. The van der Waals surface area contributed by atoms with E-state index < -0.39 is 0 Å². The van der Waals surface area contributed by atoms with Crippen LogP contribution in [0.4, 0.5) is 5.69 Å². The summed E-state index contributed by atoms with van der Waals surface area (Å²) in [5.41, 5.74) is 0.864. The summed E-state index contributed by atoms with van der Waals surface area (Å²) in [4.78, 5) is 27.3. The van der Waals surface area contributed by atoms with Crippen molar-refractivity contribution < 1.29 is 14.3 Å². The molecule has 1 fully saturated rings. The summed E-state index contributed by atoms with van der Waals surface area (Å²) in [5, 5.41) is 6.06. The van der Waals surface area contributed by atoms with E-state index in [-0.39, 0.29) is 36.6 Å². The van der Waals surface area contributed by atoms with Crippen molar-refractivity contribution in [1.82, 2.24) is 10.6 Å². The van der Waals surface area contributed by atoms with Crippen LogP contribution in [-0.2, 0) is 14.3 Å². The first-order valence-corrected chi connectivity index (χ1v) is 9.30. The first kappa shape index (κ1) is 21.8. The minimum atomic E-state index is -0.283. The second kappa shape index (κ2) is 11.4. The molecule has 1 aliphatic heterocycles. The molecule has 25 heavy (non-hydrogen) atoms. The topological polar surface area (TPSA) is 70.7 Å². The predicted molar refractivity (Wildman–Crippen MR) is 104 cm³/mol. The minimum absolute atomic E-state index is 0. The van der Waals surface area contributed by atoms with Crippen molar-refractivity contribution in [1.29, 1.82) is 0 Å². The molecule has 1 heterocycles. The molecule has 0 aromatic heterocycles. The van der Waals surface area contributed by atoms with Crippen molar-refractivity contribution in [2.24, 2.45) is 5.92 Å². The van der Waals surface area contributed by atoms with Gasteiger partial charge in [-0.25, -0.2) is 0 Å². The molecular weight excluding hydrogens is 362 g/mol. The molecule has 1 saturated heterocycles. The number of hydrogen-bond donors (Lipinski definition) is 2. The van der Waals surface area contributed by atoms with Gasteiger partial charge in [-0.1, -0.05) is 6.07 Å². The van der Waals surface area contributed by atoms with Crippen LogP contribution in [0.5, 0.6) is 0 Å². The lowest BCUT2D eigenvalue weighted by atomic mass is 10.1. The number of halogens is 1. The van der Waals surface area contributed by atoms with Crippen LogP contribution in [0.3, 0.4) is 0 Å². The van der Waals surface area contributed by atoms with E-state index in [4.69, 9.17) is 4.74 Å². The van der Waals surface area contributed by atoms with Gasteiger partial charge >= 0.3 is 0 Å². The summed E-state index contributed by atoms with van der Waals surface area (Å²) in [5.74, 6) is -0.332. The van der Waals surface area contributed by atoms with Crippen LogP contribution in [0, 0.1) is 5.92 Å². The highest BCUT2D eigenvalue weighted by atomic mass is 35.5. The molecule has 0 bridgehead atoms. The molecule has 2 amide bonds. The van der Waals surface area contributed by atoms with E-state index in [2.05, 4.69) is 10.6 Å². The molecule has 0 spiro atoms. The van der Waals surface area contributed by atoms with Crippen molar-refractivity contribution in [3.63, 3.8) is 0 Å². The summed E-state index contributed by atoms with van der Waals surface area (Å²) in [6.07, 6.45) is 2.27. The molecule has 140 valence electrons. The maximum atomic E-state index is 12.3. The number of nitrogens with zero attached hydrogens (tertiary/aromatic N) is 1. The number of anilines is 1. The van der Waals surface area contributed by atoms with Gasteiger partial charge in [-0.05, 0) is 24.5 Å². The average molecular weight is 388 g/mol. The van der Waals surface area contributed by atoms with Crippen LogP contribution < -0.4 is 15.5 Å². The lowest BCUT2D eigenvalue weighted by Gasteiger charge is -2.17. The Balaban J connectivity index is 0.00000312. The van der Waals surface area contributed by atoms with Crippen LogP contribution in [0.15, 0.2) is 29.2 Å². The summed E-state index contributed by atoms with van der Waals surface area (Å²) in [6, 6.07) is 7.85. The molecule has 1 atom stereocenters. The Morgan fingerprint density at radius 3 is 2.88 bits per heavy atom.